The van der Waals surface area contributed by atoms with Crippen LogP contribution in [0.1, 0.15) is 38.2 Å². The molecule has 25 heavy (non-hydrogen) atoms. The lowest BCUT2D eigenvalue weighted by Crippen LogP contribution is -2.33. The Kier molecular flexibility index (Phi) is 7.19. The summed E-state index contributed by atoms with van der Waals surface area (Å²) < 4.78 is 1.90. The zero-order valence-electron chi connectivity index (χ0n) is 14.4. The Labute approximate surface area is 161 Å². The molecule has 1 amide bonds. The van der Waals surface area contributed by atoms with E-state index < -0.39 is 0 Å². The number of aromatic nitrogens is 2. The molecular weight excluding hydrogens is 370 g/mol. The van der Waals surface area contributed by atoms with E-state index in [0.29, 0.717) is 18.3 Å². The summed E-state index contributed by atoms with van der Waals surface area (Å²) >= 11 is 4.87. The predicted octanol–water partition coefficient (Wildman–Crippen LogP) is 4.71. The van der Waals surface area contributed by atoms with Gasteiger partial charge in [0, 0.05) is 18.3 Å². The Balaban J connectivity index is 1.50. The average Bonchev–Trinajstić information content (AvgIpc) is 3.38. The maximum absolute atomic E-state index is 12.7. The molecule has 0 saturated heterocycles. The van der Waals surface area contributed by atoms with Crippen molar-refractivity contribution < 1.29 is 4.79 Å². The second kappa shape index (κ2) is 9.59. The Hall–Kier alpha value is -1.05. The maximum Gasteiger partial charge on any atom is 0.233 e. The molecule has 1 aromatic heterocycles. The molecule has 0 spiro atoms. The monoisotopic (exact) mass is 393 g/mol. The summed E-state index contributed by atoms with van der Waals surface area (Å²) in [6, 6.07) is 10.6. The average molecular weight is 394 g/mol. The van der Waals surface area contributed by atoms with Gasteiger partial charge in [-0.05, 0) is 24.8 Å². The lowest BCUT2D eigenvalue weighted by molar-refractivity contribution is -0.129. The molecule has 134 valence electrons. The van der Waals surface area contributed by atoms with Gasteiger partial charge in [-0.1, -0.05) is 78.5 Å². The van der Waals surface area contributed by atoms with Crippen LogP contribution in [0.3, 0.4) is 0 Å². The lowest BCUT2D eigenvalue weighted by atomic mass is 10.2. The van der Waals surface area contributed by atoms with Crippen molar-refractivity contribution >= 4 is 40.8 Å². The minimum Gasteiger partial charge on any atom is -0.335 e. The van der Waals surface area contributed by atoms with Crippen molar-refractivity contribution in [3.63, 3.8) is 0 Å². The maximum atomic E-state index is 12.7. The normalized spacial score (nSPS) is 13.8. The molecule has 1 fully saturated rings. The first-order chi connectivity index (χ1) is 12.3. The smallest absolute Gasteiger partial charge is 0.233 e. The number of carbonyl (C=O) groups is 1. The molecule has 1 heterocycles. The first kappa shape index (κ1) is 18.7. The number of rotatable bonds is 10. The van der Waals surface area contributed by atoms with Gasteiger partial charge in [-0.15, -0.1) is 10.2 Å². The van der Waals surface area contributed by atoms with Crippen LogP contribution in [0, 0.1) is 0 Å². The Bertz CT molecular complexity index is 673. The molecule has 0 unspecified atom stereocenters. The van der Waals surface area contributed by atoms with Crippen molar-refractivity contribution in [3.05, 3.63) is 35.9 Å². The van der Waals surface area contributed by atoms with E-state index in [1.165, 1.54) is 30.2 Å². The van der Waals surface area contributed by atoms with Gasteiger partial charge in [0.1, 0.15) is 0 Å². The molecule has 0 N–H and O–H groups in total. The van der Waals surface area contributed by atoms with Crippen LogP contribution in [0.25, 0.3) is 0 Å². The minimum absolute atomic E-state index is 0.201. The van der Waals surface area contributed by atoms with Crippen molar-refractivity contribution in [2.75, 3.05) is 11.5 Å². The fourth-order valence-electron chi connectivity index (χ4n) is 2.41. The predicted molar refractivity (Wildman–Crippen MR) is 106 cm³/mol. The molecule has 0 bridgehead atoms. The first-order valence-corrected chi connectivity index (χ1v) is 11.5. The number of benzene rings is 1. The van der Waals surface area contributed by atoms with Gasteiger partial charge in [-0.25, -0.2) is 0 Å². The van der Waals surface area contributed by atoms with Gasteiger partial charge in [0.25, 0.3) is 0 Å². The van der Waals surface area contributed by atoms with Crippen LogP contribution < -0.4 is 0 Å². The van der Waals surface area contributed by atoms with E-state index in [2.05, 4.69) is 29.3 Å². The number of carbonyl (C=O) groups excluding carboxylic acids is 1. The zero-order valence-corrected chi connectivity index (χ0v) is 16.8. The fraction of sp³-hybridized carbons (Fsp3) is 0.500. The molecule has 1 aliphatic carbocycles. The summed E-state index contributed by atoms with van der Waals surface area (Å²) in [6.45, 7) is 2.90. The van der Waals surface area contributed by atoms with Gasteiger partial charge >= 0.3 is 0 Å². The molecule has 0 radical (unpaired) electrons. The number of hydrogen-bond donors (Lipinski definition) is 0. The topological polar surface area (TPSA) is 46.1 Å². The molecule has 1 saturated carbocycles. The molecule has 4 nitrogen and oxygen atoms in total. The highest BCUT2D eigenvalue weighted by Gasteiger charge is 2.32. The quantitative estimate of drug-likeness (QED) is 0.432. The van der Waals surface area contributed by atoms with Crippen LogP contribution in [0.5, 0.6) is 0 Å². The highest BCUT2D eigenvalue weighted by Crippen LogP contribution is 2.32. The third kappa shape index (κ3) is 6.01. The summed E-state index contributed by atoms with van der Waals surface area (Å²) in [5.41, 5.74) is 1.19. The molecule has 2 aromatic rings. The minimum atomic E-state index is 0.201. The van der Waals surface area contributed by atoms with Crippen LogP contribution in [0.4, 0.5) is 0 Å². The van der Waals surface area contributed by atoms with Gasteiger partial charge in [0.15, 0.2) is 8.68 Å². The van der Waals surface area contributed by atoms with Gasteiger partial charge < -0.3 is 4.90 Å². The van der Waals surface area contributed by atoms with Crippen LogP contribution in [0.2, 0.25) is 0 Å². The van der Waals surface area contributed by atoms with Crippen molar-refractivity contribution in [2.24, 2.45) is 0 Å². The number of hydrogen-bond acceptors (Lipinski definition) is 6. The Morgan fingerprint density at radius 3 is 2.60 bits per heavy atom. The van der Waals surface area contributed by atoms with Gasteiger partial charge in [0.05, 0.1) is 5.75 Å². The van der Waals surface area contributed by atoms with E-state index in [9.17, 15) is 4.79 Å². The largest absolute Gasteiger partial charge is 0.335 e. The van der Waals surface area contributed by atoms with Crippen molar-refractivity contribution in [1.82, 2.24) is 15.1 Å². The van der Waals surface area contributed by atoms with Crippen LogP contribution in [-0.4, -0.2) is 38.6 Å². The second-order valence-electron chi connectivity index (χ2n) is 6.06. The summed E-state index contributed by atoms with van der Waals surface area (Å²) in [7, 11) is 0. The molecule has 3 rings (SSSR count). The molecule has 0 aliphatic heterocycles. The zero-order chi connectivity index (χ0) is 17.5. The first-order valence-electron chi connectivity index (χ1n) is 8.68. The van der Waals surface area contributed by atoms with Crippen molar-refractivity contribution in [1.29, 1.82) is 0 Å². The third-order valence-corrected chi connectivity index (χ3v) is 7.20. The van der Waals surface area contributed by atoms with Crippen molar-refractivity contribution in [2.45, 2.75) is 53.9 Å². The summed E-state index contributed by atoms with van der Waals surface area (Å²) in [5, 5.41) is 8.42. The van der Waals surface area contributed by atoms with Crippen LogP contribution >= 0.6 is 34.9 Å². The second-order valence-corrected chi connectivity index (χ2v) is 9.61. The Morgan fingerprint density at radius 1 is 1.20 bits per heavy atom. The van der Waals surface area contributed by atoms with Gasteiger partial charge in [-0.2, -0.15) is 0 Å². The number of nitrogens with zero attached hydrogens (tertiary/aromatic N) is 3. The fourth-order valence-corrected chi connectivity index (χ4v) is 5.47. The Morgan fingerprint density at radius 2 is 1.92 bits per heavy atom. The molecule has 0 atom stereocenters. The number of thioether (sulfide) groups is 2. The highest BCUT2D eigenvalue weighted by molar-refractivity contribution is 8.03. The van der Waals surface area contributed by atoms with E-state index in [1.807, 2.05) is 23.1 Å². The highest BCUT2D eigenvalue weighted by atomic mass is 32.2. The molecule has 1 aliphatic rings. The van der Waals surface area contributed by atoms with Crippen LogP contribution in [0.15, 0.2) is 39.0 Å². The van der Waals surface area contributed by atoms with Gasteiger partial charge in [-0.3, -0.25) is 4.79 Å². The summed E-state index contributed by atoms with van der Waals surface area (Å²) in [6.07, 6.45) is 4.64. The standard InChI is InChI=1S/C18H23N3OS3/c1-2-3-11-23-17-19-20-18(25-17)24-13-16(22)21(15-9-10-15)12-14-7-5-4-6-8-14/h4-8,15H,2-3,9-13H2,1H3. The third-order valence-electron chi connectivity index (χ3n) is 3.93. The van der Waals surface area contributed by atoms with E-state index >= 15 is 0 Å². The SMILES string of the molecule is CCCCSc1nnc(SCC(=O)N(Cc2ccccc2)C2CC2)s1. The molecule has 1 aromatic carbocycles. The number of amides is 1. The van der Waals surface area contributed by atoms with E-state index in [0.717, 1.165) is 27.3 Å². The summed E-state index contributed by atoms with van der Waals surface area (Å²) in [4.78, 5) is 14.7. The van der Waals surface area contributed by atoms with Gasteiger partial charge in [0.2, 0.25) is 5.91 Å². The van der Waals surface area contributed by atoms with Crippen molar-refractivity contribution in [3.8, 4) is 0 Å². The molecule has 7 heteroatoms. The van der Waals surface area contributed by atoms with Crippen LogP contribution in [-0.2, 0) is 11.3 Å². The van der Waals surface area contributed by atoms with E-state index in [-0.39, 0.29) is 5.91 Å². The lowest BCUT2D eigenvalue weighted by Gasteiger charge is -2.22. The van der Waals surface area contributed by atoms with E-state index in [1.54, 1.807) is 23.1 Å². The molecular formula is C18H23N3OS3. The van der Waals surface area contributed by atoms with E-state index in [4.69, 9.17) is 0 Å². The summed E-state index contributed by atoms with van der Waals surface area (Å²) in [5.74, 6) is 1.73. The number of unbranched alkanes of at least 4 members (excludes halogenated alkanes) is 1.